The molecule has 2 rings (SSSR count). The summed E-state index contributed by atoms with van der Waals surface area (Å²) in [7, 11) is 0. The number of likely N-dealkylation sites (tertiary alicyclic amines) is 1. The highest BCUT2D eigenvalue weighted by Gasteiger charge is 2.31. The van der Waals surface area contributed by atoms with Crippen LogP contribution in [0.2, 0.25) is 0 Å². The van der Waals surface area contributed by atoms with Gasteiger partial charge in [0.05, 0.1) is 0 Å². The van der Waals surface area contributed by atoms with Crippen LogP contribution < -0.4 is 5.73 Å². The quantitative estimate of drug-likeness (QED) is 0.816. The molecule has 0 aromatic carbocycles. The topological polar surface area (TPSA) is 29.3 Å². The fraction of sp³-hybridized carbons (Fsp3) is 1.00. The standard InChI is InChI=1S/C15H30N2/c1-12(2)8-13-4-3-5-15(9-13)17-7-6-14(10-16)11-17/h12-15H,3-11,16H2,1-2H3. The molecule has 100 valence electrons. The van der Waals surface area contributed by atoms with E-state index in [1.807, 2.05) is 0 Å². The maximum atomic E-state index is 5.79. The third kappa shape index (κ3) is 3.69. The van der Waals surface area contributed by atoms with Gasteiger partial charge in [0.1, 0.15) is 0 Å². The summed E-state index contributed by atoms with van der Waals surface area (Å²) in [5.74, 6) is 2.64. The summed E-state index contributed by atoms with van der Waals surface area (Å²) in [6, 6.07) is 0.879. The molecule has 1 aliphatic carbocycles. The monoisotopic (exact) mass is 238 g/mol. The summed E-state index contributed by atoms with van der Waals surface area (Å²) < 4.78 is 0. The number of nitrogens with two attached hydrogens (primary N) is 1. The van der Waals surface area contributed by atoms with Gasteiger partial charge in [-0.25, -0.2) is 0 Å². The van der Waals surface area contributed by atoms with Crippen LogP contribution in [0.3, 0.4) is 0 Å². The highest BCUT2D eigenvalue weighted by Crippen LogP contribution is 2.33. The summed E-state index contributed by atoms with van der Waals surface area (Å²) in [5.41, 5.74) is 5.79. The van der Waals surface area contributed by atoms with Crippen LogP contribution in [0.25, 0.3) is 0 Å². The first-order valence-electron chi connectivity index (χ1n) is 7.63. The Bertz CT molecular complexity index is 227. The summed E-state index contributed by atoms with van der Waals surface area (Å²) in [5, 5.41) is 0. The molecule has 0 aromatic heterocycles. The van der Waals surface area contributed by atoms with Crippen molar-refractivity contribution in [1.82, 2.24) is 4.90 Å². The number of nitrogens with zero attached hydrogens (tertiary/aromatic N) is 1. The Labute approximate surface area is 107 Å². The first-order valence-corrected chi connectivity index (χ1v) is 7.63. The van der Waals surface area contributed by atoms with Crippen molar-refractivity contribution in [2.24, 2.45) is 23.5 Å². The van der Waals surface area contributed by atoms with Crippen molar-refractivity contribution in [3.8, 4) is 0 Å². The predicted octanol–water partition coefficient (Wildman–Crippen LogP) is 2.87. The summed E-state index contributed by atoms with van der Waals surface area (Å²) in [4.78, 5) is 2.74. The normalized spacial score (nSPS) is 35.6. The molecule has 0 amide bonds. The van der Waals surface area contributed by atoms with Crippen molar-refractivity contribution >= 4 is 0 Å². The van der Waals surface area contributed by atoms with Gasteiger partial charge in [-0.1, -0.05) is 26.7 Å². The molecule has 0 bridgehead atoms. The van der Waals surface area contributed by atoms with Crippen molar-refractivity contribution < 1.29 is 0 Å². The van der Waals surface area contributed by atoms with Gasteiger partial charge >= 0.3 is 0 Å². The smallest absolute Gasteiger partial charge is 0.00980 e. The molecule has 0 radical (unpaired) electrons. The van der Waals surface area contributed by atoms with Crippen LogP contribution in [-0.2, 0) is 0 Å². The lowest BCUT2D eigenvalue weighted by Crippen LogP contribution is -2.38. The van der Waals surface area contributed by atoms with Gasteiger partial charge in [0.2, 0.25) is 0 Å². The largest absolute Gasteiger partial charge is 0.330 e. The Morgan fingerprint density at radius 3 is 2.65 bits per heavy atom. The van der Waals surface area contributed by atoms with Crippen molar-refractivity contribution in [3.05, 3.63) is 0 Å². The molecular weight excluding hydrogens is 208 g/mol. The molecule has 2 nitrogen and oxygen atoms in total. The van der Waals surface area contributed by atoms with E-state index in [1.165, 1.54) is 51.6 Å². The van der Waals surface area contributed by atoms with E-state index in [1.54, 1.807) is 0 Å². The second kappa shape index (κ2) is 6.19. The van der Waals surface area contributed by atoms with Gasteiger partial charge in [0.15, 0.2) is 0 Å². The van der Waals surface area contributed by atoms with Crippen molar-refractivity contribution in [1.29, 1.82) is 0 Å². The Morgan fingerprint density at radius 1 is 1.18 bits per heavy atom. The maximum Gasteiger partial charge on any atom is 0.00980 e. The highest BCUT2D eigenvalue weighted by molar-refractivity contribution is 4.86. The summed E-state index contributed by atoms with van der Waals surface area (Å²) >= 11 is 0. The molecule has 1 saturated carbocycles. The number of hydrogen-bond donors (Lipinski definition) is 1. The second-order valence-electron chi connectivity index (χ2n) is 6.70. The van der Waals surface area contributed by atoms with Gasteiger partial charge in [-0.15, -0.1) is 0 Å². The molecule has 2 fully saturated rings. The van der Waals surface area contributed by atoms with Crippen LogP contribution in [0.15, 0.2) is 0 Å². The number of hydrogen-bond acceptors (Lipinski definition) is 2. The summed E-state index contributed by atoms with van der Waals surface area (Å²) in [6.45, 7) is 8.20. The number of rotatable bonds is 4. The van der Waals surface area contributed by atoms with Crippen LogP contribution in [0.5, 0.6) is 0 Å². The van der Waals surface area contributed by atoms with E-state index in [4.69, 9.17) is 5.73 Å². The summed E-state index contributed by atoms with van der Waals surface area (Å²) in [6.07, 6.45) is 8.59. The zero-order chi connectivity index (χ0) is 12.3. The van der Waals surface area contributed by atoms with Crippen LogP contribution in [-0.4, -0.2) is 30.6 Å². The van der Waals surface area contributed by atoms with E-state index in [-0.39, 0.29) is 0 Å². The molecule has 1 heterocycles. The Morgan fingerprint density at radius 2 is 2.00 bits per heavy atom. The fourth-order valence-electron chi connectivity index (χ4n) is 3.86. The van der Waals surface area contributed by atoms with Gasteiger partial charge in [0, 0.05) is 12.6 Å². The lowest BCUT2D eigenvalue weighted by atomic mass is 9.80. The molecule has 3 atom stereocenters. The SMILES string of the molecule is CC(C)CC1CCCC(N2CCC(CN)C2)C1. The molecule has 2 heteroatoms. The van der Waals surface area contributed by atoms with Crippen molar-refractivity contribution in [2.45, 2.75) is 58.4 Å². The van der Waals surface area contributed by atoms with Crippen LogP contribution in [0, 0.1) is 17.8 Å². The zero-order valence-corrected chi connectivity index (χ0v) is 11.7. The van der Waals surface area contributed by atoms with E-state index in [0.717, 1.165) is 30.3 Å². The van der Waals surface area contributed by atoms with E-state index in [0.29, 0.717) is 0 Å². The maximum absolute atomic E-state index is 5.79. The van der Waals surface area contributed by atoms with E-state index < -0.39 is 0 Å². The highest BCUT2D eigenvalue weighted by atomic mass is 15.2. The van der Waals surface area contributed by atoms with Gasteiger partial charge < -0.3 is 10.6 Å². The average molecular weight is 238 g/mol. The van der Waals surface area contributed by atoms with Gasteiger partial charge in [-0.3, -0.25) is 0 Å². The molecule has 1 aliphatic heterocycles. The molecule has 17 heavy (non-hydrogen) atoms. The van der Waals surface area contributed by atoms with Crippen LogP contribution >= 0.6 is 0 Å². The van der Waals surface area contributed by atoms with Crippen molar-refractivity contribution in [3.63, 3.8) is 0 Å². The lowest BCUT2D eigenvalue weighted by molar-refractivity contribution is 0.143. The molecule has 1 saturated heterocycles. The van der Waals surface area contributed by atoms with E-state index in [9.17, 15) is 0 Å². The fourth-order valence-corrected chi connectivity index (χ4v) is 3.86. The minimum Gasteiger partial charge on any atom is -0.330 e. The average Bonchev–Trinajstić information content (AvgIpc) is 2.77. The van der Waals surface area contributed by atoms with Gasteiger partial charge in [-0.05, 0) is 56.5 Å². The first-order chi connectivity index (χ1) is 8.19. The molecular formula is C15H30N2. The Hall–Kier alpha value is -0.0800. The predicted molar refractivity (Wildman–Crippen MR) is 73.9 cm³/mol. The van der Waals surface area contributed by atoms with E-state index in [2.05, 4.69) is 18.7 Å². The van der Waals surface area contributed by atoms with E-state index >= 15 is 0 Å². The van der Waals surface area contributed by atoms with Crippen molar-refractivity contribution in [2.75, 3.05) is 19.6 Å². The second-order valence-corrected chi connectivity index (χ2v) is 6.70. The molecule has 2 aliphatic rings. The first kappa shape index (κ1) is 13.4. The Balaban J connectivity index is 1.81. The Kier molecular flexibility index (Phi) is 4.87. The van der Waals surface area contributed by atoms with Crippen LogP contribution in [0.4, 0.5) is 0 Å². The zero-order valence-electron chi connectivity index (χ0n) is 11.7. The minimum absolute atomic E-state index is 0.778. The minimum atomic E-state index is 0.778. The lowest BCUT2D eigenvalue weighted by Gasteiger charge is -2.36. The van der Waals surface area contributed by atoms with Gasteiger partial charge in [0.25, 0.3) is 0 Å². The molecule has 2 N–H and O–H groups in total. The third-order valence-electron chi connectivity index (χ3n) is 4.73. The molecule has 3 unspecified atom stereocenters. The molecule has 0 spiro atoms. The third-order valence-corrected chi connectivity index (χ3v) is 4.73. The molecule has 0 aromatic rings. The van der Waals surface area contributed by atoms with Crippen LogP contribution in [0.1, 0.15) is 52.4 Å². The van der Waals surface area contributed by atoms with Gasteiger partial charge in [-0.2, -0.15) is 0 Å².